The first-order valence-corrected chi connectivity index (χ1v) is 7.66. The zero-order valence-electron chi connectivity index (χ0n) is 11.2. The van der Waals surface area contributed by atoms with Gasteiger partial charge < -0.3 is 0 Å². The van der Waals surface area contributed by atoms with Crippen LogP contribution in [-0.4, -0.2) is 9.55 Å². The van der Waals surface area contributed by atoms with Gasteiger partial charge in [0.05, 0.1) is 17.2 Å². The molecule has 1 aromatic carbocycles. The molecule has 19 heavy (non-hydrogen) atoms. The van der Waals surface area contributed by atoms with Crippen LogP contribution < -0.4 is 5.56 Å². The van der Waals surface area contributed by atoms with Crippen molar-refractivity contribution in [2.45, 2.75) is 45.6 Å². The van der Waals surface area contributed by atoms with Crippen LogP contribution in [0.15, 0.2) is 33.8 Å². The Hall–Kier alpha value is -1.16. The van der Waals surface area contributed by atoms with Gasteiger partial charge in [0, 0.05) is 11.0 Å². The number of benzene rings is 1. The normalized spacial score (nSPS) is 11.1. The van der Waals surface area contributed by atoms with Gasteiger partial charge in [0.1, 0.15) is 0 Å². The Bertz CT molecular complexity index is 607. The van der Waals surface area contributed by atoms with Crippen molar-refractivity contribution >= 4 is 26.8 Å². The molecule has 2 rings (SSSR count). The number of aromatic nitrogens is 2. The standard InChI is InChI=1S/C15H19BrN2O/c1-2-3-4-5-6-9-18-11-17-14-10-12(16)7-8-13(14)15(18)19/h7-8,10-11H,2-6,9H2,1H3. The van der Waals surface area contributed by atoms with E-state index in [2.05, 4.69) is 27.8 Å². The average Bonchev–Trinajstić information content (AvgIpc) is 2.41. The Balaban J connectivity index is 2.10. The Kier molecular flexibility index (Phi) is 5.14. The van der Waals surface area contributed by atoms with E-state index in [1.54, 1.807) is 10.9 Å². The molecule has 0 atom stereocenters. The number of halogens is 1. The van der Waals surface area contributed by atoms with Gasteiger partial charge in [-0.2, -0.15) is 0 Å². The molecule has 0 aliphatic carbocycles. The van der Waals surface area contributed by atoms with Crippen LogP contribution in [0, 0.1) is 0 Å². The topological polar surface area (TPSA) is 34.9 Å². The molecule has 0 N–H and O–H groups in total. The zero-order chi connectivity index (χ0) is 13.7. The molecule has 0 spiro atoms. The Labute approximate surface area is 121 Å². The first-order valence-electron chi connectivity index (χ1n) is 6.87. The van der Waals surface area contributed by atoms with E-state index >= 15 is 0 Å². The Morgan fingerprint density at radius 3 is 2.79 bits per heavy atom. The van der Waals surface area contributed by atoms with Gasteiger partial charge in [-0.05, 0) is 24.6 Å². The summed E-state index contributed by atoms with van der Waals surface area (Å²) in [7, 11) is 0. The largest absolute Gasteiger partial charge is 0.299 e. The molecule has 102 valence electrons. The van der Waals surface area contributed by atoms with Gasteiger partial charge in [-0.25, -0.2) is 4.98 Å². The van der Waals surface area contributed by atoms with Gasteiger partial charge in [0.25, 0.3) is 5.56 Å². The summed E-state index contributed by atoms with van der Waals surface area (Å²) in [6.45, 7) is 2.97. The number of fused-ring (bicyclic) bond motifs is 1. The van der Waals surface area contributed by atoms with E-state index in [9.17, 15) is 4.79 Å². The number of nitrogens with zero attached hydrogens (tertiary/aromatic N) is 2. The quantitative estimate of drug-likeness (QED) is 0.749. The molecule has 0 amide bonds. The third-order valence-electron chi connectivity index (χ3n) is 3.29. The van der Waals surface area contributed by atoms with E-state index in [1.165, 1.54) is 25.7 Å². The van der Waals surface area contributed by atoms with Crippen molar-refractivity contribution in [1.82, 2.24) is 9.55 Å². The molecule has 0 saturated carbocycles. The minimum atomic E-state index is 0.0630. The molecular formula is C15H19BrN2O. The van der Waals surface area contributed by atoms with E-state index in [-0.39, 0.29) is 5.56 Å². The van der Waals surface area contributed by atoms with Crippen LogP contribution in [0.2, 0.25) is 0 Å². The van der Waals surface area contributed by atoms with Crippen LogP contribution in [0.5, 0.6) is 0 Å². The van der Waals surface area contributed by atoms with Crippen molar-refractivity contribution < 1.29 is 0 Å². The highest BCUT2D eigenvalue weighted by Gasteiger charge is 2.04. The van der Waals surface area contributed by atoms with Crippen molar-refractivity contribution in [1.29, 1.82) is 0 Å². The summed E-state index contributed by atoms with van der Waals surface area (Å²) in [4.78, 5) is 16.6. The van der Waals surface area contributed by atoms with Gasteiger partial charge in [0.15, 0.2) is 0 Å². The highest BCUT2D eigenvalue weighted by Crippen LogP contribution is 2.15. The molecular weight excluding hydrogens is 304 g/mol. The number of aryl methyl sites for hydroxylation is 1. The lowest BCUT2D eigenvalue weighted by Crippen LogP contribution is -2.20. The van der Waals surface area contributed by atoms with E-state index in [0.29, 0.717) is 5.39 Å². The second-order valence-corrected chi connectivity index (χ2v) is 5.73. The zero-order valence-corrected chi connectivity index (χ0v) is 12.8. The van der Waals surface area contributed by atoms with Gasteiger partial charge in [0.2, 0.25) is 0 Å². The van der Waals surface area contributed by atoms with Gasteiger partial charge >= 0.3 is 0 Å². The van der Waals surface area contributed by atoms with Crippen molar-refractivity contribution in [2.24, 2.45) is 0 Å². The van der Waals surface area contributed by atoms with Crippen LogP contribution in [0.3, 0.4) is 0 Å². The maximum atomic E-state index is 12.3. The molecule has 1 aromatic heterocycles. The van der Waals surface area contributed by atoms with E-state index in [0.717, 1.165) is 23.0 Å². The lowest BCUT2D eigenvalue weighted by molar-refractivity contribution is 0.556. The van der Waals surface area contributed by atoms with Crippen LogP contribution in [0.4, 0.5) is 0 Å². The Morgan fingerprint density at radius 2 is 2.00 bits per heavy atom. The van der Waals surface area contributed by atoms with Crippen molar-refractivity contribution in [3.05, 3.63) is 39.4 Å². The van der Waals surface area contributed by atoms with Gasteiger partial charge in [-0.15, -0.1) is 0 Å². The van der Waals surface area contributed by atoms with Crippen molar-refractivity contribution in [3.8, 4) is 0 Å². The summed E-state index contributed by atoms with van der Waals surface area (Å²) < 4.78 is 2.67. The third-order valence-corrected chi connectivity index (χ3v) is 3.78. The highest BCUT2D eigenvalue weighted by molar-refractivity contribution is 9.10. The maximum Gasteiger partial charge on any atom is 0.261 e. The molecule has 0 unspecified atom stereocenters. The summed E-state index contributed by atoms with van der Waals surface area (Å²) >= 11 is 3.39. The minimum absolute atomic E-state index is 0.0630. The number of hydrogen-bond acceptors (Lipinski definition) is 2. The predicted molar refractivity (Wildman–Crippen MR) is 82.5 cm³/mol. The molecule has 1 heterocycles. The fourth-order valence-corrected chi connectivity index (χ4v) is 2.53. The minimum Gasteiger partial charge on any atom is -0.299 e. The molecule has 0 aliphatic rings. The molecule has 3 nitrogen and oxygen atoms in total. The molecule has 0 fully saturated rings. The van der Waals surface area contributed by atoms with E-state index in [1.807, 2.05) is 18.2 Å². The Morgan fingerprint density at radius 1 is 1.21 bits per heavy atom. The van der Waals surface area contributed by atoms with Crippen molar-refractivity contribution in [2.75, 3.05) is 0 Å². The molecule has 0 aliphatic heterocycles. The number of hydrogen-bond donors (Lipinski definition) is 0. The smallest absolute Gasteiger partial charge is 0.261 e. The van der Waals surface area contributed by atoms with Crippen LogP contribution in [0.1, 0.15) is 39.0 Å². The second kappa shape index (κ2) is 6.85. The fraction of sp³-hybridized carbons (Fsp3) is 0.467. The fourth-order valence-electron chi connectivity index (χ4n) is 2.18. The second-order valence-electron chi connectivity index (χ2n) is 4.82. The molecule has 0 radical (unpaired) electrons. The first-order chi connectivity index (χ1) is 9.22. The first kappa shape index (κ1) is 14.3. The maximum absolute atomic E-state index is 12.3. The summed E-state index contributed by atoms with van der Waals surface area (Å²) in [5.74, 6) is 0. The number of rotatable bonds is 6. The summed E-state index contributed by atoms with van der Waals surface area (Å²) in [5.41, 5.74) is 0.814. The summed E-state index contributed by atoms with van der Waals surface area (Å²) in [6.07, 6.45) is 7.66. The van der Waals surface area contributed by atoms with Crippen LogP contribution >= 0.6 is 15.9 Å². The molecule has 2 aromatic rings. The number of unbranched alkanes of at least 4 members (excludes halogenated alkanes) is 4. The molecule has 0 saturated heterocycles. The average molecular weight is 323 g/mol. The monoisotopic (exact) mass is 322 g/mol. The lowest BCUT2D eigenvalue weighted by Gasteiger charge is -2.06. The molecule has 0 bridgehead atoms. The SMILES string of the molecule is CCCCCCCn1cnc2cc(Br)ccc2c1=O. The van der Waals surface area contributed by atoms with E-state index in [4.69, 9.17) is 0 Å². The summed E-state index contributed by atoms with van der Waals surface area (Å²) in [6, 6.07) is 5.60. The molecule has 4 heteroatoms. The van der Waals surface area contributed by atoms with Gasteiger partial charge in [-0.1, -0.05) is 48.5 Å². The third kappa shape index (κ3) is 3.66. The lowest BCUT2D eigenvalue weighted by atomic mass is 10.1. The summed E-state index contributed by atoms with van der Waals surface area (Å²) in [5, 5.41) is 0.694. The highest BCUT2D eigenvalue weighted by atomic mass is 79.9. The predicted octanol–water partition coefficient (Wildman–Crippen LogP) is 4.13. The van der Waals surface area contributed by atoms with Gasteiger partial charge in [-0.3, -0.25) is 9.36 Å². The van der Waals surface area contributed by atoms with Crippen LogP contribution in [-0.2, 0) is 6.54 Å². The van der Waals surface area contributed by atoms with Crippen LogP contribution in [0.25, 0.3) is 10.9 Å². The van der Waals surface area contributed by atoms with E-state index < -0.39 is 0 Å². The van der Waals surface area contributed by atoms with Crippen molar-refractivity contribution in [3.63, 3.8) is 0 Å².